The van der Waals surface area contributed by atoms with E-state index in [9.17, 15) is 18.0 Å². The molecule has 6 nitrogen and oxygen atoms in total. The van der Waals surface area contributed by atoms with E-state index >= 15 is 0 Å². The van der Waals surface area contributed by atoms with Crippen molar-refractivity contribution in [1.29, 1.82) is 0 Å². The van der Waals surface area contributed by atoms with Crippen LogP contribution in [0.5, 0.6) is 5.75 Å². The predicted molar refractivity (Wildman–Crippen MR) is 152 cm³/mol. The number of hydrogen-bond donors (Lipinski definition) is 1. The van der Waals surface area contributed by atoms with Gasteiger partial charge in [0.1, 0.15) is 29.1 Å². The van der Waals surface area contributed by atoms with Gasteiger partial charge in [-0.2, -0.15) is 13.2 Å². The van der Waals surface area contributed by atoms with Crippen LogP contribution < -0.4 is 4.74 Å². The van der Waals surface area contributed by atoms with Crippen LogP contribution in [0.15, 0.2) is 54.6 Å². The van der Waals surface area contributed by atoms with Crippen LogP contribution in [0.2, 0.25) is 0 Å². The quantitative estimate of drug-likeness (QED) is 0.253. The number of esters is 1. The summed E-state index contributed by atoms with van der Waals surface area (Å²) >= 11 is 0. The third-order valence-corrected chi connectivity index (χ3v) is 8.54. The summed E-state index contributed by atoms with van der Waals surface area (Å²) < 4.78 is 50.6. The van der Waals surface area contributed by atoms with Crippen LogP contribution in [-0.4, -0.2) is 59.9 Å². The molecule has 1 saturated carbocycles. The molecule has 3 aliphatic rings. The Labute approximate surface area is 238 Å². The van der Waals surface area contributed by atoms with Crippen LogP contribution in [0.3, 0.4) is 0 Å². The second kappa shape index (κ2) is 12.3. The lowest BCUT2D eigenvalue weighted by atomic mass is 9.69. The average Bonchev–Trinajstić information content (AvgIpc) is 3.13. The number of fused-ring (bicyclic) bond motifs is 4. The van der Waals surface area contributed by atoms with Crippen LogP contribution in [0, 0.1) is 11.8 Å². The summed E-state index contributed by atoms with van der Waals surface area (Å²) in [5.41, 5.74) is 3.17. The lowest BCUT2D eigenvalue weighted by Gasteiger charge is -2.44. The maximum Gasteiger partial charge on any atom is 0.399 e. The minimum absolute atomic E-state index is 0.118. The van der Waals surface area contributed by atoms with E-state index in [0.29, 0.717) is 19.4 Å². The van der Waals surface area contributed by atoms with Gasteiger partial charge in [-0.3, -0.25) is 4.79 Å². The number of allylic oxidation sites excluding steroid dienone is 1. The van der Waals surface area contributed by atoms with Crippen LogP contribution in [0.25, 0.3) is 16.6 Å². The number of nitrogens with zero attached hydrogens (tertiary/aromatic N) is 2. The first kappa shape index (κ1) is 29.2. The molecule has 1 aromatic heterocycles. The molecule has 3 unspecified atom stereocenters. The maximum atomic E-state index is 13.1. The predicted octanol–water partition coefficient (Wildman–Crippen LogP) is 6.96. The van der Waals surface area contributed by atoms with Gasteiger partial charge in [0.15, 0.2) is 0 Å². The topological polar surface area (TPSA) is 67.4 Å². The molecule has 2 aromatic carbocycles. The summed E-state index contributed by atoms with van der Waals surface area (Å²) in [6.07, 6.45) is 1.38. The molecule has 220 valence electrons. The number of rotatable bonds is 11. The van der Waals surface area contributed by atoms with E-state index in [4.69, 9.17) is 9.47 Å². The molecule has 41 heavy (non-hydrogen) atoms. The molecule has 1 N–H and O–H groups in total. The summed E-state index contributed by atoms with van der Waals surface area (Å²) in [4.78, 5) is 22.8. The highest BCUT2D eigenvalue weighted by Crippen LogP contribution is 2.51. The monoisotopic (exact) mass is 569 g/mol. The fourth-order valence-corrected chi connectivity index (χ4v) is 6.56. The van der Waals surface area contributed by atoms with Gasteiger partial charge in [0.2, 0.25) is 0 Å². The highest BCUT2D eigenvalue weighted by molar-refractivity contribution is 5.81. The number of alkyl halides is 3. The van der Waals surface area contributed by atoms with Crippen molar-refractivity contribution in [2.75, 3.05) is 27.2 Å². The highest BCUT2D eigenvalue weighted by Gasteiger charge is 2.49. The lowest BCUT2D eigenvalue weighted by molar-refractivity contribution is -0.189. The van der Waals surface area contributed by atoms with E-state index in [0.717, 1.165) is 66.8 Å². The summed E-state index contributed by atoms with van der Waals surface area (Å²) in [6.45, 7) is 1.39. The van der Waals surface area contributed by atoms with Crippen molar-refractivity contribution in [3.8, 4) is 5.75 Å². The zero-order valence-electron chi connectivity index (χ0n) is 23.7. The molecule has 9 heteroatoms. The van der Waals surface area contributed by atoms with Crippen molar-refractivity contribution in [1.82, 2.24) is 14.9 Å². The van der Waals surface area contributed by atoms with E-state index in [1.807, 2.05) is 43.4 Å². The van der Waals surface area contributed by atoms with Crippen molar-refractivity contribution in [3.63, 3.8) is 0 Å². The van der Waals surface area contributed by atoms with Crippen LogP contribution >= 0.6 is 0 Å². The van der Waals surface area contributed by atoms with E-state index in [1.54, 1.807) is 7.11 Å². The molecular weight excluding hydrogens is 531 g/mol. The molecule has 2 bridgehead atoms. The largest absolute Gasteiger partial charge is 0.494 e. The van der Waals surface area contributed by atoms with Gasteiger partial charge in [0.25, 0.3) is 0 Å². The summed E-state index contributed by atoms with van der Waals surface area (Å²) in [7, 11) is 3.64. The smallest absolute Gasteiger partial charge is 0.399 e. The number of hydrogen-bond acceptors (Lipinski definition) is 5. The number of halogens is 3. The van der Waals surface area contributed by atoms with Gasteiger partial charge in [0, 0.05) is 25.3 Å². The Hall–Kier alpha value is -3.33. The Morgan fingerprint density at radius 2 is 1.93 bits per heavy atom. The molecular formula is C32H38F3N3O3. The molecule has 6 rings (SSSR count). The molecule has 1 heterocycles. The third-order valence-electron chi connectivity index (χ3n) is 8.54. The van der Waals surface area contributed by atoms with Crippen molar-refractivity contribution in [2.45, 2.75) is 63.1 Å². The van der Waals surface area contributed by atoms with Crippen molar-refractivity contribution in [2.24, 2.45) is 11.8 Å². The maximum absolute atomic E-state index is 13.1. The summed E-state index contributed by atoms with van der Waals surface area (Å²) in [5, 5.41) is 0. The Kier molecular flexibility index (Phi) is 8.73. The van der Waals surface area contributed by atoms with Crippen molar-refractivity contribution < 1.29 is 27.4 Å². The molecule has 0 spiro atoms. The Morgan fingerprint density at radius 1 is 1.12 bits per heavy atom. The molecule has 3 aromatic rings. The molecule has 3 aliphatic carbocycles. The first-order valence-corrected chi connectivity index (χ1v) is 14.4. The Morgan fingerprint density at radius 3 is 2.68 bits per heavy atom. The fraction of sp³-hybridized carbons (Fsp3) is 0.500. The molecule has 0 saturated heterocycles. The number of ether oxygens (including phenoxy) is 2. The lowest BCUT2D eigenvalue weighted by Crippen LogP contribution is -2.47. The molecule has 1 fully saturated rings. The molecule has 0 amide bonds. The minimum atomic E-state index is -4.59. The van der Waals surface area contributed by atoms with Gasteiger partial charge < -0.3 is 19.4 Å². The minimum Gasteiger partial charge on any atom is -0.494 e. The first-order valence-electron chi connectivity index (χ1n) is 14.4. The second-order valence-corrected chi connectivity index (χ2v) is 11.5. The van der Waals surface area contributed by atoms with Crippen molar-refractivity contribution in [3.05, 3.63) is 66.0 Å². The van der Waals surface area contributed by atoms with Crippen LogP contribution in [0.1, 0.15) is 56.3 Å². The number of aromatic nitrogens is 2. The third kappa shape index (κ3) is 6.94. The number of imidazole rings is 1. The highest BCUT2D eigenvalue weighted by atomic mass is 19.4. The number of methoxy groups -OCH3 is 1. The number of nitrogens with one attached hydrogen (secondary N) is 1. The van der Waals surface area contributed by atoms with E-state index in [2.05, 4.69) is 33.1 Å². The number of carbonyl (C=O) groups is 1. The van der Waals surface area contributed by atoms with Gasteiger partial charge >= 0.3 is 12.1 Å². The van der Waals surface area contributed by atoms with E-state index < -0.39 is 24.2 Å². The number of para-hydroxylation sites is 1. The normalized spacial score (nSPS) is 22.5. The van der Waals surface area contributed by atoms with Crippen molar-refractivity contribution >= 4 is 22.6 Å². The first-order chi connectivity index (χ1) is 19.7. The number of carbonyl (C=O) groups excluding carboxylic acids is 1. The number of aromatic amines is 1. The van der Waals surface area contributed by atoms with E-state index in [1.165, 1.54) is 5.57 Å². The van der Waals surface area contributed by atoms with Crippen LogP contribution in [0.4, 0.5) is 13.2 Å². The summed E-state index contributed by atoms with van der Waals surface area (Å²) in [6, 6.07) is 15.9. The zero-order valence-corrected chi connectivity index (χ0v) is 23.7. The van der Waals surface area contributed by atoms with Gasteiger partial charge in [-0.1, -0.05) is 48.9 Å². The number of benzene rings is 2. The number of aryl methyl sites for hydroxylation is 1. The second-order valence-electron chi connectivity index (χ2n) is 11.5. The molecule has 0 aliphatic heterocycles. The average molecular weight is 570 g/mol. The van der Waals surface area contributed by atoms with E-state index in [-0.39, 0.29) is 11.8 Å². The molecule has 0 radical (unpaired) electrons. The van der Waals surface area contributed by atoms with Gasteiger partial charge in [-0.25, -0.2) is 4.98 Å². The SMILES string of the molecule is COc1cccc2[nH]c(CCCN(C)CCC3(OC(=O)CC(F)(F)F)CC4CCCC3C=C4c3ccccc3)nc12. The Bertz CT molecular complexity index is 1370. The number of H-pyrrole nitrogens is 1. The summed E-state index contributed by atoms with van der Waals surface area (Å²) in [5.74, 6) is 0.463. The van der Waals surface area contributed by atoms with Gasteiger partial charge in [-0.15, -0.1) is 0 Å². The van der Waals surface area contributed by atoms with Gasteiger partial charge in [-0.05, 0) is 68.5 Å². The van der Waals surface area contributed by atoms with Gasteiger partial charge in [0.05, 0.1) is 12.6 Å². The standard InChI is InChI=1S/C32H38F3N3O3/c1-38(17-8-15-28-36-26-13-7-14-27(40-2)30(26)37-28)18-16-31(41-29(39)21-32(33,34)35)20-23-11-6-12-24(31)19-25(23)22-9-4-3-5-10-22/h3-5,7,9-10,13-14,19,23-24H,6,8,11-12,15-18,20-21H2,1-2H3,(H,36,37). The fourth-order valence-electron chi connectivity index (χ4n) is 6.56. The zero-order chi connectivity index (χ0) is 29.0. The Balaban J connectivity index is 1.27. The van der Waals surface area contributed by atoms with Crippen LogP contribution in [-0.2, 0) is 16.0 Å². The molecule has 3 atom stereocenters.